The number of aromatic nitrogens is 2. The second-order valence-electron chi connectivity index (χ2n) is 6.59. The number of para-hydroxylation sites is 1. The van der Waals surface area contributed by atoms with Crippen LogP contribution in [0.1, 0.15) is 16.9 Å². The highest BCUT2D eigenvalue weighted by Crippen LogP contribution is 2.38. The summed E-state index contributed by atoms with van der Waals surface area (Å²) in [5.74, 6) is -2.03. The lowest BCUT2D eigenvalue weighted by Crippen LogP contribution is -2.44. The Morgan fingerprint density at radius 1 is 1.19 bits per heavy atom. The highest BCUT2D eigenvalue weighted by atomic mass is 35.5. The number of amides is 3. The molecule has 158 valence electrons. The number of benzene rings is 2. The van der Waals surface area contributed by atoms with Crippen LogP contribution in [-0.4, -0.2) is 37.9 Å². The van der Waals surface area contributed by atoms with Gasteiger partial charge in [0.25, 0.3) is 5.91 Å². The van der Waals surface area contributed by atoms with Gasteiger partial charge in [0.05, 0.1) is 22.8 Å². The summed E-state index contributed by atoms with van der Waals surface area (Å²) in [5.41, 5.74) is 5.45. The number of nitrogens with zero attached hydrogens (tertiary/aromatic N) is 2. The maximum atomic E-state index is 12.3. The fourth-order valence-electron chi connectivity index (χ4n) is 2.90. The van der Waals surface area contributed by atoms with E-state index in [1.54, 1.807) is 42.5 Å². The highest BCUT2D eigenvalue weighted by molar-refractivity contribution is 8.01. The molecular formula is C20H16ClN5O4S. The molecule has 2 heterocycles. The molecule has 1 aliphatic rings. The lowest BCUT2D eigenvalue weighted by molar-refractivity contribution is -0.124. The number of hydrogen-bond donors (Lipinski definition) is 4. The van der Waals surface area contributed by atoms with Crippen molar-refractivity contribution in [3.05, 3.63) is 65.4 Å². The molecule has 0 aliphatic carbocycles. The molecule has 0 bridgehead atoms. The van der Waals surface area contributed by atoms with Crippen molar-refractivity contribution in [3.8, 4) is 11.4 Å². The van der Waals surface area contributed by atoms with Gasteiger partial charge in [0.1, 0.15) is 0 Å². The summed E-state index contributed by atoms with van der Waals surface area (Å²) in [6, 6.07) is 14.0. The maximum Gasteiger partial charge on any atom is 0.294 e. The molecule has 0 spiro atoms. The van der Waals surface area contributed by atoms with E-state index in [1.165, 1.54) is 22.6 Å². The Hall–Kier alpha value is -3.50. The number of aromatic hydroxyl groups is 1. The van der Waals surface area contributed by atoms with E-state index in [0.29, 0.717) is 16.4 Å². The van der Waals surface area contributed by atoms with Crippen LogP contribution in [0.2, 0.25) is 5.02 Å². The van der Waals surface area contributed by atoms with E-state index in [0.717, 1.165) is 4.90 Å². The van der Waals surface area contributed by atoms with Crippen LogP contribution in [0.3, 0.4) is 0 Å². The first kappa shape index (κ1) is 20.8. The van der Waals surface area contributed by atoms with Crippen molar-refractivity contribution >= 4 is 46.8 Å². The Morgan fingerprint density at radius 3 is 2.74 bits per heavy atom. The van der Waals surface area contributed by atoms with E-state index in [1.807, 2.05) is 6.07 Å². The Labute approximate surface area is 185 Å². The molecule has 1 aliphatic heterocycles. The van der Waals surface area contributed by atoms with Gasteiger partial charge in [0.15, 0.2) is 11.4 Å². The summed E-state index contributed by atoms with van der Waals surface area (Å²) in [7, 11) is 0. The maximum absolute atomic E-state index is 12.3. The smallest absolute Gasteiger partial charge is 0.294 e. The average molecular weight is 458 g/mol. The molecule has 9 nitrogen and oxygen atoms in total. The molecule has 1 aromatic heterocycles. The summed E-state index contributed by atoms with van der Waals surface area (Å²) >= 11 is 7.16. The molecule has 4 rings (SSSR count). The zero-order chi connectivity index (χ0) is 22.0. The van der Waals surface area contributed by atoms with Crippen LogP contribution < -0.4 is 16.2 Å². The summed E-state index contributed by atoms with van der Waals surface area (Å²) in [5, 5.41) is 16.6. The average Bonchev–Trinajstić information content (AvgIpc) is 3.15. The fourth-order valence-corrected chi connectivity index (χ4v) is 4.16. The van der Waals surface area contributed by atoms with E-state index in [4.69, 9.17) is 11.6 Å². The summed E-state index contributed by atoms with van der Waals surface area (Å²) < 4.78 is 1.35. The molecule has 1 unspecified atom stereocenters. The number of hydrazine groups is 1. The van der Waals surface area contributed by atoms with Gasteiger partial charge in [0, 0.05) is 16.3 Å². The first-order valence-corrected chi connectivity index (χ1v) is 10.4. The van der Waals surface area contributed by atoms with Crippen LogP contribution >= 0.6 is 23.4 Å². The SMILES string of the molecule is O=C(CC1Sc2ccc(Cl)cc2NC1=O)NNC(=O)c1nn(-c2ccccc2)cc1O. The first-order valence-electron chi connectivity index (χ1n) is 9.11. The van der Waals surface area contributed by atoms with Gasteiger partial charge in [0.2, 0.25) is 11.8 Å². The van der Waals surface area contributed by atoms with Crippen molar-refractivity contribution in [1.82, 2.24) is 20.6 Å². The third kappa shape index (κ3) is 4.65. The van der Waals surface area contributed by atoms with E-state index >= 15 is 0 Å². The standard InChI is InChI=1S/C20H16ClN5O4S/c21-11-6-7-15-13(8-11)22-19(29)16(31-15)9-17(28)23-24-20(30)18-14(27)10-26(25-18)12-4-2-1-3-5-12/h1-8,10,16,27H,9H2,(H,22,29)(H,23,28)(H,24,30). The molecule has 0 fully saturated rings. The zero-order valence-electron chi connectivity index (χ0n) is 15.8. The van der Waals surface area contributed by atoms with Crippen LogP contribution in [0.4, 0.5) is 5.69 Å². The minimum atomic E-state index is -0.790. The third-order valence-corrected chi connectivity index (χ3v) is 5.89. The second kappa shape index (κ2) is 8.70. The number of carbonyl (C=O) groups is 3. The minimum absolute atomic E-state index is 0.163. The first-order chi connectivity index (χ1) is 14.9. The van der Waals surface area contributed by atoms with Gasteiger partial charge >= 0.3 is 0 Å². The van der Waals surface area contributed by atoms with E-state index < -0.39 is 17.1 Å². The van der Waals surface area contributed by atoms with Crippen LogP contribution in [0.15, 0.2) is 59.6 Å². The Morgan fingerprint density at radius 2 is 1.97 bits per heavy atom. The molecule has 31 heavy (non-hydrogen) atoms. The summed E-state index contributed by atoms with van der Waals surface area (Å²) in [6.07, 6.45) is 1.13. The topological polar surface area (TPSA) is 125 Å². The number of thioether (sulfide) groups is 1. The summed E-state index contributed by atoms with van der Waals surface area (Å²) in [4.78, 5) is 37.6. The second-order valence-corrected chi connectivity index (χ2v) is 8.27. The largest absolute Gasteiger partial charge is 0.504 e. The van der Waals surface area contributed by atoms with Gasteiger partial charge in [-0.15, -0.1) is 11.8 Å². The molecule has 11 heteroatoms. The molecule has 0 saturated carbocycles. The quantitative estimate of drug-likeness (QED) is 0.446. The Kier molecular flexibility index (Phi) is 5.83. The predicted molar refractivity (Wildman–Crippen MR) is 115 cm³/mol. The molecule has 0 radical (unpaired) electrons. The molecule has 2 aromatic carbocycles. The van der Waals surface area contributed by atoms with Crippen molar-refractivity contribution < 1.29 is 19.5 Å². The molecule has 3 aromatic rings. The van der Waals surface area contributed by atoms with Crippen molar-refractivity contribution in [2.75, 3.05) is 5.32 Å². The van der Waals surface area contributed by atoms with Crippen LogP contribution in [0, 0.1) is 0 Å². The third-order valence-electron chi connectivity index (χ3n) is 4.38. The number of nitrogens with one attached hydrogen (secondary N) is 3. The van der Waals surface area contributed by atoms with Gasteiger partial charge in [-0.1, -0.05) is 29.8 Å². The Bertz CT molecular complexity index is 1170. The number of rotatable bonds is 4. The minimum Gasteiger partial charge on any atom is -0.504 e. The molecule has 1 atom stereocenters. The highest BCUT2D eigenvalue weighted by Gasteiger charge is 2.29. The number of carbonyl (C=O) groups excluding carboxylic acids is 3. The lowest BCUT2D eigenvalue weighted by Gasteiger charge is -2.23. The van der Waals surface area contributed by atoms with Gasteiger partial charge < -0.3 is 10.4 Å². The lowest BCUT2D eigenvalue weighted by atomic mass is 10.2. The molecule has 0 saturated heterocycles. The molecular weight excluding hydrogens is 442 g/mol. The normalized spacial score (nSPS) is 15.0. The Balaban J connectivity index is 1.35. The van der Waals surface area contributed by atoms with E-state index in [9.17, 15) is 19.5 Å². The number of fused-ring (bicyclic) bond motifs is 1. The van der Waals surface area contributed by atoms with Gasteiger partial charge in [-0.3, -0.25) is 25.2 Å². The van der Waals surface area contributed by atoms with Crippen LogP contribution in [0.5, 0.6) is 5.75 Å². The van der Waals surface area contributed by atoms with Crippen molar-refractivity contribution in [3.63, 3.8) is 0 Å². The molecule has 4 N–H and O–H groups in total. The molecule has 3 amide bonds. The van der Waals surface area contributed by atoms with Crippen molar-refractivity contribution in [2.24, 2.45) is 0 Å². The van der Waals surface area contributed by atoms with Gasteiger partial charge in [-0.25, -0.2) is 4.68 Å². The number of halogens is 1. The van der Waals surface area contributed by atoms with Crippen molar-refractivity contribution in [2.45, 2.75) is 16.6 Å². The van der Waals surface area contributed by atoms with Gasteiger partial charge in [-0.05, 0) is 30.3 Å². The summed E-state index contributed by atoms with van der Waals surface area (Å²) in [6.45, 7) is 0. The van der Waals surface area contributed by atoms with Crippen molar-refractivity contribution in [1.29, 1.82) is 0 Å². The van der Waals surface area contributed by atoms with Crippen LogP contribution in [0.25, 0.3) is 5.69 Å². The van der Waals surface area contributed by atoms with E-state index in [-0.39, 0.29) is 23.8 Å². The predicted octanol–water partition coefficient (Wildman–Crippen LogP) is 2.50. The number of anilines is 1. The van der Waals surface area contributed by atoms with Crippen LogP contribution in [-0.2, 0) is 9.59 Å². The van der Waals surface area contributed by atoms with E-state index in [2.05, 4.69) is 21.3 Å². The number of hydrogen-bond acceptors (Lipinski definition) is 6. The fraction of sp³-hybridized carbons (Fsp3) is 0.100. The van der Waals surface area contributed by atoms with Gasteiger partial charge in [-0.2, -0.15) is 5.10 Å². The zero-order valence-corrected chi connectivity index (χ0v) is 17.4. The monoisotopic (exact) mass is 457 g/mol.